The van der Waals surface area contributed by atoms with Crippen molar-refractivity contribution in [3.05, 3.63) is 12.0 Å². The highest BCUT2D eigenvalue weighted by Gasteiger charge is 2.09. The highest BCUT2D eigenvalue weighted by atomic mass is 32.2. The molecule has 0 aliphatic rings. The second-order valence-corrected chi connectivity index (χ2v) is 6.39. The second kappa shape index (κ2) is 8.04. The molecule has 0 bridgehead atoms. The van der Waals surface area contributed by atoms with Gasteiger partial charge in [-0.25, -0.2) is 0 Å². The first-order valence-electron chi connectivity index (χ1n) is 5.63. The summed E-state index contributed by atoms with van der Waals surface area (Å²) in [6.45, 7) is 7.51. The number of ether oxygens (including phenoxy) is 1. The second-order valence-electron chi connectivity index (χ2n) is 4.75. The molecule has 0 unspecified atom stereocenters. The van der Waals surface area contributed by atoms with E-state index in [4.69, 9.17) is 9.57 Å². The molecule has 7 heteroatoms. The number of nitrogens with one attached hydrogen (secondary N) is 1. The molecule has 0 saturated heterocycles. The van der Waals surface area contributed by atoms with Crippen LogP contribution in [-0.4, -0.2) is 33.5 Å². The summed E-state index contributed by atoms with van der Waals surface area (Å²) >= 11 is 0. The molecular formula is C12H21NO5S. The summed E-state index contributed by atoms with van der Waals surface area (Å²) in [6, 6.07) is 0. The van der Waals surface area contributed by atoms with E-state index in [2.05, 4.69) is 21.5 Å². The third-order valence-electron chi connectivity index (χ3n) is 1.40. The first-order chi connectivity index (χ1) is 8.60. The van der Waals surface area contributed by atoms with Crippen LogP contribution in [0.4, 0.5) is 0 Å². The van der Waals surface area contributed by atoms with E-state index in [0.29, 0.717) is 5.70 Å². The quantitative estimate of drug-likeness (QED) is 0.260. The Bertz CT molecular complexity index is 451. The van der Waals surface area contributed by atoms with Gasteiger partial charge in [0.25, 0.3) is 10.1 Å². The highest BCUT2D eigenvalue weighted by molar-refractivity contribution is 7.85. The summed E-state index contributed by atoms with van der Waals surface area (Å²) in [6.07, 6.45) is 2.44. The van der Waals surface area contributed by atoms with Crippen molar-refractivity contribution in [2.45, 2.75) is 33.3 Å². The summed E-state index contributed by atoms with van der Waals surface area (Å²) in [4.78, 5) is 5.30. The minimum absolute atomic E-state index is 0.141. The van der Waals surface area contributed by atoms with Crippen molar-refractivity contribution in [1.29, 1.82) is 0 Å². The Labute approximate surface area is 115 Å². The van der Waals surface area contributed by atoms with E-state index < -0.39 is 10.1 Å². The van der Waals surface area contributed by atoms with Gasteiger partial charge in [0.2, 0.25) is 0 Å². The van der Waals surface area contributed by atoms with Gasteiger partial charge in [-0.15, -0.1) is 0 Å². The zero-order valence-electron chi connectivity index (χ0n) is 11.9. The van der Waals surface area contributed by atoms with Crippen LogP contribution in [0.15, 0.2) is 12.0 Å². The van der Waals surface area contributed by atoms with Crippen molar-refractivity contribution in [3.8, 4) is 11.8 Å². The van der Waals surface area contributed by atoms with Crippen molar-refractivity contribution in [2.75, 3.05) is 19.5 Å². The van der Waals surface area contributed by atoms with Gasteiger partial charge in [-0.3, -0.25) is 14.5 Å². The lowest BCUT2D eigenvalue weighted by molar-refractivity contribution is -0.0588. The zero-order chi connectivity index (χ0) is 14.9. The van der Waals surface area contributed by atoms with Gasteiger partial charge in [0, 0.05) is 0 Å². The molecule has 0 saturated carbocycles. The third kappa shape index (κ3) is 14.7. The zero-order valence-corrected chi connectivity index (χ0v) is 12.8. The Balaban J connectivity index is 3.81. The van der Waals surface area contributed by atoms with Crippen LogP contribution in [0.1, 0.15) is 27.7 Å². The molecule has 6 nitrogen and oxygen atoms in total. The van der Waals surface area contributed by atoms with Gasteiger partial charge in [-0.05, 0) is 27.7 Å². The van der Waals surface area contributed by atoms with Gasteiger partial charge < -0.3 is 4.74 Å². The van der Waals surface area contributed by atoms with Crippen molar-refractivity contribution in [1.82, 2.24) is 5.48 Å². The predicted octanol–water partition coefficient (Wildman–Crippen LogP) is 1.16. The Hall–Kier alpha value is -1.23. The van der Waals surface area contributed by atoms with Gasteiger partial charge in [0.05, 0.1) is 17.6 Å². The lowest BCUT2D eigenvalue weighted by atomic mass is 10.2. The first-order valence-corrected chi connectivity index (χ1v) is 7.44. The molecule has 19 heavy (non-hydrogen) atoms. The van der Waals surface area contributed by atoms with Crippen LogP contribution in [-0.2, 0) is 23.9 Å². The molecule has 0 aromatic heterocycles. The van der Waals surface area contributed by atoms with Crippen LogP contribution in [0.5, 0.6) is 0 Å². The van der Waals surface area contributed by atoms with Crippen molar-refractivity contribution < 1.29 is 22.2 Å². The van der Waals surface area contributed by atoms with Crippen LogP contribution in [0.2, 0.25) is 0 Å². The molecule has 0 fully saturated rings. The maximum absolute atomic E-state index is 10.6. The molecule has 0 amide bonds. The number of rotatable bonds is 6. The number of hydrogen-bond acceptors (Lipinski definition) is 6. The minimum Gasteiger partial charge on any atom is -0.487 e. The van der Waals surface area contributed by atoms with Gasteiger partial charge in [0.1, 0.15) is 19.5 Å². The number of hydrogen-bond donors (Lipinski definition) is 1. The molecule has 0 spiro atoms. The van der Waals surface area contributed by atoms with E-state index in [1.807, 2.05) is 20.8 Å². The maximum atomic E-state index is 10.6. The lowest BCUT2D eigenvalue weighted by Crippen LogP contribution is -2.28. The number of hydroxylamine groups is 1. The monoisotopic (exact) mass is 291 g/mol. The average molecular weight is 291 g/mol. The maximum Gasteiger partial charge on any atom is 0.265 e. The summed E-state index contributed by atoms with van der Waals surface area (Å²) in [5.41, 5.74) is 3.13. The largest absolute Gasteiger partial charge is 0.487 e. The molecule has 0 aliphatic carbocycles. The van der Waals surface area contributed by atoms with Crippen molar-refractivity contribution in [2.24, 2.45) is 0 Å². The Morgan fingerprint density at radius 3 is 2.37 bits per heavy atom. The van der Waals surface area contributed by atoms with E-state index in [0.717, 1.165) is 6.26 Å². The van der Waals surface area contributed by atoms with Crippen LogP contribution in [0.25, 0.3) is 0 Å². The fourth-order valence-electron chi connectivity index (χ4n) is 0.705. The molecule has 0 aliphatic heterocycles. The standard InChI is InChI=1S/C12H21NO5S/c1-11(13-18-12(2,3)4)10-16-8-6-7-9-17-19(5,14)15/h10,13H,8-9H2,1-5H3. The van der Waals surface area contributed by atoms with Gasteiger partial charge in [-0.2, -0.15) is 8.42 Å². The van der Waals surface area contributed by atoms with E-state index in [9.17, 15) is 8.42 Å². The molecule has 1 N–H and O–H groups in total. The fraction of sp³-hybridized carbons (Fsp3) is 0.667. The summed E-state index contributed by atoms with van der Waals surface area (Å²) in [5, 5.41) is 0. The minimum atomic E-state index is -3.43. The smallest absolute Gasteiger partial charge is 0.265 e. The normalized spacial score (nSPS) is 12.6. The molecule has 0 aromatic rings. The predicted molar refractivity (Wildman–Crippen MR) is 72.3 cm³/mol. The van der Waals surface area contributed by atoms with Gasteiger partial charge in [-0.1, -0.05) is 11.8 Å². The van der Waals surface area contributed by atoms with E-state index >= 15 is 0 Å². The topological polar surface area (TPSA) is 73.9 Å². The number of allylic oxidation sites excluding steroid dienone is 1. The molecule has 0 rings (SSSR count). The van der Waals surface area contributed by atoms with Crippen LogP contribution in [0, 0.1) is 11.8 Å². The summed E-state index contributed by atoms with van der Waals surface area (Å²) in [5.74, 6) is 5.13. The molecule has 0 radical (unpaired) electrons. The summed E-state index contributed by atoms with van der Waals surface area (Å²) < 4.78 is 30.8. The van der Waals surface area contributed by atoms with Gasteiger partial charge >= 0.3 is 0 Å². The highest BCUT2D eigenvalue weighted by Crippen LogP contribution is 2.04. The Kier molecular flexibility index (Phi) is 7.52. The van der Waals surface area contributed by atoms with Crippen LogP contribution in [0.3, 0.4) is 0 Å². The Morgan fingerprint density at radius 2 is 1.84 bits per heavy atom. The van der Waals surface area contributed by atoms with Gasteiger partial charge in [0.15, 0.2) is 0 Å². The molecule has 0 atom stereocenters. The van der Waals surface area contributed by atoms with E-state index in [1.54, 1.807) is 6.92 Å². The molecule has 0 aromatic carbocycles. The molecular weight excluding hydrogens is 270 g/mol. The molecule has 0 heterocycles. The van der Waals surface area contributed by atoms with E-state index in [1.165, 1.54) is 6.26 Å². The van der Waals surface area contributed by atoms with Crippen molar-refractivity contribution >= 4 is 10.1 Å². The van der Waals surface area contributed by atoms with Crippen molar-refractivity contribution in [3.63, 3.8) is 0 Å². The average Bonchev–Trinajstić information content (AvgIpc) is 2.22. The Morgan fingerprint density at radius 1 is 1.26 bits per heavy atom. The SMILES string of the molecule is CC(=COCC#CCOS(C)(=O)=O)NOC(C)(C)C. The fourth-order valence-corrected chi connectivity index (χ4v) is 0.978. The molecule has 110 valence electrons. The first kappa shape index (κ1) is 17.8. The van der Waals surface area contributed by atoms with Crippen LogP contribution >= 0.6 is 0 Å². The lowest BCUT2D eigenvalue weighted by Gasteiger charge is -2.19. The summed E-state index contributed by atoms with van der Waals surface area (Å²) in [7, 11) is -3.43. The van der Waals surface area contributed by atoms with Crippen LogP contribution < -0.4 is 5.48 Å². The third-order valence-corrected chi connectivity index (χ3v) is 1.95. The van der Waals surface area contributed by atoms with E-state index in [-0.39, 0.29) is 18.8 Å².